The number of oxazole rings is 1. The summed E-state index contributed by atoms with van der Waals surface area (Å²) in [7, 11) is 0. The molecule has 0 atom stereocenters. The summed E-state index contributed by atoms with van der Waals surface area (Å²) in [4.78, 5) is 12.5. The fraction of sp³-hybridized carbons (Fsp3) is 0.0833. The number of aryl methyl sites for hydroxylation is 1. The predicted octanol–water partition coefficient (Wildman–Crippen LogP) is 2.66. The van der Waals surface area contributed by atoms with Gasteiger partial charge in [0.2, 0.25) is 5.95 Å². The first-order valence-electron chi connectivity index (χ1n) is 5.35. The van der Waals surface area contributed by atoms with Gasteiger partial charge in [-0.1, -0.05) is 12.1 Å². The summed E-state index contributed by atoms with van der Waals surface area (Å²) in [5, 5.41) is 1.31. The van der Waals surface area contributed by atoms with Crippen LogP contribution in [0.3, 0.4) is 0 Å². The fourth-order valence-electron chi connectivity index (χ4n) is 1.52. The predicted molar refractivity (Wildman–Crippen MR) is 69.3 cm³/mol. The lowest BCUT2D eigenvalue weighted by atomic mass is 10.3. The molecule has 0 aliphatic heterocycles. The van der Waals surface area contributed by atoms with Crippen LogP contribution in [-0.4, -0.2) is 15.0 Å². The molecule has 2 N–H and O–H groups in total. The van der Waals surface area contributed by atoms with Gasteiger partial charge in [-0.15, -0.1) is 0 Å². The van der Waals surface area contributed by atoms with Gasteiger partial charge in [0.05, 0.1) is 0 Å². The number of anilines is 1. The maximum absolute atomic E-state index is 5.62. The molecule has 0 bridgehead atoms. The topological polar surface area (TPSA) is 77.8 Å². The summed E-state index contributed by atoms with van der Waals surface area (Å²) in [6.45, 7) is 1.92. The van der Waals surface area contributed by atoms with Gasteiger partial charge in [-0.25, -0.2) is 15.0 Å². The molecule has 0 aliphatic carbocycles. The van der Waals surface area contributed by atoms with E-state index in [4.69, 9.17) is 10.2 Å². The molecule has 90 valence electrons. The van der Waals surface area contributed by atoms with Gasteiger partial charge in [0, 0.05) is 11.8 Å². The fourth-order valence-corrected chi connectivity index (χ4v) is 2.31. The first kappa shape index (κ1) is 11.0. The van der Waals surface area contributed by atoms with Crippen LogP contribution in [-0.2, 0) is 0 Å². The molecule has 18 heavy (non-hydrogen) atoms. The van der Waals surface area contributed by atoms with Crippen LogP contribution in [0.2, 0.25) is 0 Å². The number of hydrogen-bond acceptors (Lipinski definition) is 6. The van der Waals surface area contributed by atoms with E-state index in [2.05, 4.69) is 15.0 Å². The molecule has 0 fully saturated rings. The van der Waals surface area contributed by atoms with Crippen LogP contribution in [0, 0.1) is 6.92 Å². The number of rotatable bonds is 2. The summed E-state index contributed by atoms with van der Waals surface area (Å²) < 4.78 is 5.62. The van der Waals surface area contributed by atoms with E-state index in [0.29, 0.717) is 5.22 Å². The monoisotopic (exact) mass is 258 g/mol. The second-order valence-corrected chi connectivity index (χ2v) is 4.71. The van der Waals surface area contributed by atoms with Crippen molar-refractivity contribution < 1.29 is 4.42 Å². The van der Waals surface area contributed by atoms with E-state index in [1.165, 1.54) is 11.8 Å². The molecule has 2 heterocycles. The summed E-state index contributed by atoms with van der Waals surface area (Å²) in [6.07, 6.45) is 1.69. The van der Waals surface area contributed by atoms with Crippen LogP contribution < -0.4 is 5.73 Å². The molecule has 5 nitrogen and oxygen atoms in total. The van der Waals surface area contributed by atoms with Crippen LogP contribution in [0.4, 0.5) is 5.95 Å². The van der Waals surface area contributed by atoms with Gasteiger partial charge >= 0.3 is 0 Å². The van der Waals surface area contributed by atoms with Gasteiger partial charge < -0.3 is 10.2 Å². The molecule has 3 aromatic rings. The highest BCUT2D eigenvalue weighted by molar-refractivity contribution is 7.99. The molecule has 3 rings (SSSR count). The molecule has 0 aliphatic rings. The largest absolute Gasteiger partial charge is 0.431 e. The van der Waals surface area contributed by atoms with Gasteiger partial charge in [-0.05, 0) is 30.8 Å². The average molecular weight is 258 g/mol. The zero-order valence-corrected chi connectivity index (χ0v) is 10.4. The molecule has 0 unspecified atom stereocenters. The van der Waals surface area contributed by atoms with Gasteiger partial charge in [0.15, 0.2) is 5.58 Å². The quantitative estimate of drug-likeness (QED) is 0.712. The Labute approximate surface area is 107 Å². The first-order chi connectivity index (χ1) is 8.72. The summed E-state index contributed by atoms with van der Waals surface area (Å²) >= 11 is 1.35. The number of nitrogens with two attached hydrogens (primary N) is 1. The molecule has 2 aromatic heterocycles. The molecule has 0 spiro atoms. The van der Waals surface area contributed by atoms with Crippen LogP contribution in [0.1, 0.15) is 5.56 Å². The highest BCUT2D eigenvalue weighted by Gasteiger charge is 2.10. The highest BCUT2D eigenvalue weighted by Crippen LogP contribution is 2.30. The first-order valence-corrected chi connectivity index (χ1v) is 6.16. The van der Waals surface area contributed by atoms with Crippen molar-refractivity contribution in [1.82, 2.24) is 15.0 Å². The van der Waals surface area contributed by atoms with Crippen molar-refractivity contribution in [3.8, 4) is 0 Å². The van der Waals surface area contributed by atoms with Crippen molar-refractivity contribution in [3.63, 3.8) is 0 Å². The second-order valence-electron chi connectivity index (χ2n) is 3.77. The van der Waals surface area contributed by atoms with Crippen molar-refractivity contribution in [1.29, 1.82) is 0 Å². The summed E-state index contributed by atoms with van der Waals surface area (Å²) in [6, 6.07) is 7.63. The number of hydrogen-bond donors (Lipinski definition) is 1. The van der Waals surface area contributed by atoms with E-state index in [1.54, 1.807) is 6.20 Å². The normalized spacial score (nSPS) is 10.9. The zero-order chi connectivity index (χ0) is 12.5. The Morgan fingerprint density at radius 3 is 2.89 bits per heavy atom. The smallest absolute Gasteiger partial charge is 0.263 e. The van der Waals surface area contributed by atoms with E-state index in [1.807, 2.05) is 31.2 Å². The van der Waals surface area contributed by atoms with E-state index in [-0.39, 0.29) is 5.95 Å². The Hall–Kier alpha value is -2.08. The average Bonchev–Trinajstić information content (AvgIpc) is 2.76. The van der Waals surface area contributed by atoms with E-state index in [9.17, 15) is 0 Å². The Morgan fingerprint density at radius 2 is 2.06 bits per heavy atom. The summed E-state index contributed by atoms with van der Waals surface area (Å²) in [5.41, 5.74) is 8.11. The lowest BCUT2D eigenvalue weighted by Gasteiger charge is -2.00. The Morgan fingerprint density at radius 1 is 1.22 bits per heavy atom. The van der Waals surface area contributed by atoms with Crippen LogP contribution >= 0.6 is 11.8 Å². The van der Waals surface area contributed by atoms with Gasteiger partial charge in [0.1, 0.15) is 10.5 Å². The van der Waals surface area contributed by atoms with Crippen molar-refractivity contribution in [2.75, 3.05) is 5.73 Å². The second kappa shape index (κ2) is 4.30. The maximum atomic E-state index is 5.62. The Kier molecular flexibility index (Phi) is 2.64. The van der Waals surface area contributed by atoms with Crippen molar-refractivity contribution >= 4 is 28.8 Å². The molecular weight excluding hydrogens is 248 g/mol. The van der Waals surface area contributed by atoms with Crippen LogP contribution in [0.15, 0.2) is 45.1 Å². The lowest BCUT2D eigenvalue weighted by molar-refractivity contribution is 0.489. The minimum Gasteiger partial charge on any atom is -0.431 e. The van der Waals surface area contributed by atoms with Crippen molar-refractivity contribution in [2.45, 2.75) is 17.2 Å². The lowest BCUT2D eigenvalue weighted by Crippen LogP contribution is -1.97. The maximum Gasteiger partial charge on any atom is 0.263 e. The molecule has 6 heteroatoms. The van der Waals surface area contributed by atoms with E-state index < -0.39 is 0 Å². The third-order valence-electron chi connectivity index (χ3n) is 2.40. The van der Waals surface area contributed by atoms with Gasteiger partial charge in [0.25, 0.3) is 5.22 Å². The minimum absolute atomic E-state index is 0.249. The zero-order valence-electron chi connectivity index (χ0n) is 9.62. The van der Waals surface area contributed by atoms with E-state index >= 15 is 0 Å². The molecule has 0 saturated carbocycles. The third kappa shape index (κ3) is 2.02. The van der Waals surface area contributed by atoms with Crippen LogP contribution in [0.5, 0.6) is 0 Å². The summed E-state index contributed by atoms with van der Waals surface area (Å²) in [5.74, 6) is 0.249. The molecule has 0 saturated heterocycles. The minimum atomic E-state index is 0.249. The van der Waals surface area contributed by atoms with Crippen LogP contribution in [0.25, 0.3) is 11.1 Å². The number of aromatic nitrogens is 3. The highest BCUT2D eigenvalue weighted by atomic mass is 32.2. The third-order valence-corrected chi connectivity index (χ3v) is 3.36. The Bertz CT molecular complexity index is 677. The standard InChI is InChI=1S/C12H10N4OS/c1-7-6-14-11(13)16-10(7)18-12-15-8-4-2-3-5-9(8)17-12/h2-6H,1H3,(H2,13,14,16). The van der Waals surface area contributed by atoms with Crippen molar-refractivity contribution in [2.24, 2.45) is 0 Å². The van der Waals surface area contributed by atoms with Gasteiger partial charge in [-0.3, -0.25) is 0 Å². The van der Waals surface area contributed by atoms with Gasteiger partial charge in [-0.2, -0.15) is 0 Å². The molecule has 0 amide bonds. The number of benzene rings is 1. The molecule has 1 aromatic carbocycles. The van der Waals surface area contributed by atoms with Crippen molar-refractivity contribution in [3.05, 3.63) is 36.0 Å². The number of nitrogen functional groups attached to an aromatic ring is 1. The number of fused-ring (bicyclic) bond motifs is 1. The number of nitrogens with zero attached hydrogens (tertiary/aromatic N) is 3. The molecule has 0 radical (unpaired) electrons. The molecular formula is C12H10N4OS. The number of para-hydroxylation sites is 2. The Balaban J connectivity index is 1.98. The van der Waals surface area contributed by atoms with E-state index in [0.717, 1.165) is 21.7 Å². The SMILES string of the molecule is Cc1cnc(N)nc1Sc1nc2ccccc2o1.